The van der Waals surface area contributed by atoms with Gasteiger partial charge in [0.05, 0.1) is 5.52 Å². The largest absolute Gasteiger partial charge is 0.299 e. The minimum atomic E-state index is -0.798. The minimum absolute atomic E-state index is 0.473. The lowest BCUT2D eigenvalue weighted by Crippen LogP contribution is -2.30. The van der Waals surface area contributed by atoms with Crippen molar-refractivity contribution >= 4 is 37.9 Å². The fourth-order valence-corrected chi connectivity index (χ4v) is 5.38. The van der Waals surface area contributed by atoms with Crippen molar-refractivity contribution in [3.8, 4) is 0 Å². The number of aromatic nitrogens is 1. The maximum atomic E-state index is 14.6. The monoisotopic (exact) mass is 430 g/mol. The van der Waals surface area contributed by atoms with Crippen LogP contribution in [0.4, 0.5) is 4.39 Å². The van der Waals surface area contributed by atoms with Gasteiger partial charge >= 0.3 is 0 Å². The van der Waals surface area contributed by atoms with Crippen LogP contribution in [-0.4, -0.2) is 35.7 Å². The number of hydrogen-bond donors (Lipinski definition) is 0. The van der Waals surface area contributed by atoms with Gasteiger partial charge in [-0.1, -0.05) is 36.4 Å². The zero-order chi connectivity index (χ0) is 21.0. The Labute approximate surface area is 187 Å². The third-order valence-electron chi connectivity index (χ3n) is 6.25. The molecule has 4 heteroatoms. The van der Waals surface area contributed by atoms with E-state index in [1.165, 1.54) is 21.2 Å². The van der Waals surface area contributed by atoms with Crippen LogP contribution in [0.25, 0.3) is 26.6 Å². The van der Waals surface area contributed by atoms with Gasteiger partial charge in [0.1, 0.15) is 6.17 Å². The Hall–Kier alpha value is -2.56. The molecule has 4 aromatic rings. The van der Waals surface area contributed by atoms with E-state index < -0.39 is 6.17 Å². The van der Waals surface area contributed by atoms with E-state index in [2.05, 4.69) is 45.6 Å². The first-order valence-corrected chi connectivity index (χ1v) is 12.0. The van der Waals surface area contributed by atoms with E-state index in [1.54, 1.807) is 17.5 Å². The lowest BCUT2D eigenvalue weighted by molar-refractivity contribution is 0.257. The molecule has 0 spiro atoms. The van der Waals surface area contributed by atoms with Crippen molar-refractivity contribution in [2.24, 2.45) is 0 Å². The topological polar surface area (TPSA) is 16.1 Å². The number of benzene rings is 2. The number of fused-ring (bicyclic) bond motifs is 2. The third kappa shape index (κ3) is 4.70. The highest BCUT2D eigenvalue weighted by Gasteiger charge is 2.16. The molecule has 0 aliphatic carbocycles. The molecule has 0 amide bonds. The second-order valence-corrected chi connectivity index (χ2v) is 9.34. The minimum Gasteiger partial charge on any atom is -0.299 e. The highest BCUT2D eigenvalue weighted by atomic mass is 32.1. The number of rotatable bonds is 7. The summed E-state index contributed by atoms with van der Waals surface area (Å²) >= 11 is 1.80. The Bertz CT molecular complexity index is 1210. The van der Waals surface area contributed by atoms with Crippen LogP contribution in [-0.2, 0) is 6.42 Å². The lowest BCUT2D eigenvalue weighted by Gasteiger charge is -2.27. The van der Waals surface area contributed by atoms with E-state index >= 15 is 0 Å². The van der Waals surface area contributed by atoms with Gasteiger partial charge < -0.3 is 0 Å². The van der Waals surface area contributed by atoms with Gasteiger partial charge in [-0.15, -0.1) is 11.3 Å². The normalized spacial score (nSPS) is 16.0. The quantitative estimate of drug-likeness (QED) is 0.317. The second-order valence-electron chi connectivity index (χ2n) is 8.39. The summed E-state index contributed by atoms with van der Waals surface area (Å²) in [5.41, 5.74) is 4.81. The van der Waals surface area contributed by atoms with Crippen LogP contribution in [0.2, 0.25) is 0 Å². The maximum absolute atomic E-state index is 14.6. The molecule has 0 saturated heterocycles. The average molecular weight is 431 g/mol. The van der Waals surface area contributed by atoms with Gasteiger partial charge in [-0.2, -0.15) is 0 Å². The third-order valence-corrected chi connectivity index (χ3v) is 7.14. The van der Waals surface area contributed by atoms with Crippen molar-refractivity contribution in [3.63, 3.8) is 0 Å². The van der Waals surface area contributed by atoms with E-state index in [0.29, 0.717) is 12.8 Å². The SMILES string of the molecule is FC(CCCN1CC=C(c2cccc3sccc23)CC1)Cc1ccc2cccnc2c1. The Morgan fingerprint density at radius 2 is 2.06 bits per heavy atom. The summed E-state index contributed by atoms with van der Waals surface area (Å²) in [5, 5.41) is 4.65. The highest BCUT2D eigenvalue weighted by Crippen LogP contribution is 2.32. The zero-order valence-electron chi connectivity index (χ0n) is 17.6. The van der Waals surface area contributed by atoms with E-state index in [-0.39, 0.29) is 0 Å². The van der Waals surface area contributed by atoms with Crippen molar-refractivity contribution in [1.82, 2.24) is 9.88 Å². The second kappa shape index (κ2) is 9.29. The zero-order valence-corrected chi connectivity index (χ0v) is 18.5. The fourth-order valence-electron chi connectivity index (χ4n) is 4.57. The van der Waals surface area contributed by atoms with Crippen molar-refractivity contribution in [2.45, 2.75) is 31.9 Å². The summed E-state index contributed by atoms with van der Waals surface area (Å²) < 4.78 is 16.0. The first kappa shape index (κ1) is 20.3. The van der Waals surface area contributed by atoms with Crippen LogP contribution in [0, 0.1) is 0 Å². The summed E-state index contributed by atoms with van der Waals surface area (Å²) in [4.78, 5) is 6.83. The summed E-state index contributed by atoms with van der Waals surface area (Å²) in [5.74, 6) is 0. The lowest BCUT2D eigenvalue weighted by atomic mass is 9.96. The number of hydrogen-bond acceptors (Lipinski definition) is 3. The number of halogens is 1. The van der Waals surface area contributed by atoms with Crippen molar-refractivity contribution in [2.75, 3.05) is 19.6 Å². The summed E-state index contributed by atoms with van der Waals surface area (Å²) in [6, 6.07) is 18.9. The molecule has 0 bridgehead atoms. The van der Waals surface area contributed by atoms with Gasteiger partial charge in [0.2, 0.25) is 0 Å². The van der Waals surface area contributed by atoms with E-state index in [0.717, 1.165) is 48.9 Å². The Morgan fingerprint density at radius 1 is 1.10 bits per heavy atom. The standard InChI is InChI=1S/C27H27FN2S/c28-23(18-20-8-9-22-4-2-13-29-26(22)19-20)5-3-14-30-15-10-21(11-16-30)24-6-1-7-27-25(24)12-17-31-27/h1-2,4,6-10,12-13,17,19,23H,3,5,11,14-16,18H2. The summed E-state index contributed by atoms with van der Waals surface area (Å²) in [6.45, 7) is 2.98. The van der Waals surface area contributed by atoms with Crippen LogP contribution in [0.5, 0.6) is 0 Å². The molecule has 31 heavy (non-hydrogen) atoms. The van der Waals surface area contributed by atoms with Crippen molar-refractivity contribution in [3.05, 3.63) is 83.4 Å². The Morgan fingerprint density at radius 3 is 2.97 bits per heavy atom. The molecule has 1 aliphatic rings. The molecule has 0 N–H and O–H groups in total. The van der Waals surface area contributed by atoms with Gasteiger partial charge in [-0.05, 0) is 77.5 Å². The Kier molecular flexibility index (Phi) is 6.10. The molecule has 1 aliphatic heterocycles. The predicted molar refractivity (Wildman–Crippen MR) is 130 cm³/mol. The van der Waals surface area contributed by atoms with E-state index in [4.69, 9.17) is 0 Å². The molecule has 3 heterocycles. The molecule has 2 aromatic carbocycles. The predicted octanol–water partition coefficient (Wildman–Crippen LogP) is 6.90. The maximum Gasteiger partial charge on any atom is 0.104 e. The van der Waals surface area contributed by atoms with Crippen molar-refractivity contribution < 1.29 is 4.39 Å². The van der Waals surface area contributed by atoms with Gasteiger partial charge in [0.15, 0.2) is 0 Å². The molecule has 2 nitrogen and oxygen atoms in total. The number of pyridine rings is 1. The molecular weight excluding hydrogens is 403 g/mol. The van der Waals surface area contributed by atoms with Crippen LogP contribution < -0.4 is 0 Å². The molecule has 5 rings (SSSR count). The van der Waals surface area contributed by atoms with Gasteiger partial charge in [-0.3, -0.25) is 9.88 Å². The summed E-state index contributed by atoms with van der Waals surface area (Å²) in [7, 11) is 0. The first-order chi connectivity index (χ1) is 15.3. The fraction of sp³-hybridized carbons (Fsp3) is 0.296. The molecule has 158 valence electrons. The highest BCUT2D eigenvalue weighted by molar-refractivity contribution is 7.17. The Balaban J connectivity index is 1.11. The number of thiophene rings is 1. The van der Waals surface area contributed by atoms with Crippen molar-refractivity contribution in [1.29, 1.82) is 0 Å². The molecule has 1 unspecified atom stereocenters. The molecular formula is C27H27FN2S. The molecule has 0 saturated carbocycles. The van der Waals surface area contributed by atoms with Gasteiger partial charge in [0.25, 0.3) is 0 Å². The van der Waals surface area contributed by atoms with Crippen LogP contribution >= 0.6 is 11.3 Å². The number of alkyl halides is 1. The summed E-state index contributed by atoms with van der Waals surface area (Å²) in [6.07, 6.45) is 6.41. The molecule has 1 atom stereocenters. The van der Waals surface area contributed by atoms with E-state index in [1.807, 2.05) is 30.3 Å². The first-order valence-electron chi connectivity index (χ1n) is 11.1. The van der Waals surface area contributed by atoms with Gasteiger partial charge in [-0.25, -0.2) is 4.39 Å². The van der Waals surface area contributed by atoms with Crippen LogP contribution in [0.3, 0.4) is 0 Å². The molecule has 0 radical (unpaired) electrons. The number of nitrogens with zero attached hydrogens (tertiary/aromatic N) is 2. The molecule has 2 aromatic heterocycles. The van der Waals surface area contributed by atoms with E-state index in [9.17, 15) is 4.39 Å². The van der Waals surface area contributed by atoms with Crippen LogP contribution in [0.1, 0.15) is 30.4 Å². The van der Waals surface area contributed by atoms with Gasteiger partial charge in [0, 0.05) is 35.8 Å². The molecule has 0 fully saturated rings. The average Bonchev–Trinajstić information content (AvgIpc) is 3.29. The van der Waals surface area contributed by atoms with Crippen LogP contribution in [0.15, 0.2) is 72.3 Å². The smallest absolute Gasteiger partial charge is 0.104 e.